The van der Waals surface area contributed by atoms with Crippen molar-refractivity contribution in [2.45, 2.75) is 18.9 Å². The summed E-state index contributed by atoms with van der Waals surface area (Å²) in [6, 6.07) is -0.343. The van der Waals surface area contributed by atoms with E-state index in [1.165, 1.54) is 0 Å². The third kappa shape index (κ3) is 2.37. The summed E-state index contributed by atoms with van der Waals surface area (Å²) in [5.74, 6) is 1.06. The summed E-state index contributed by atoms with van der Waals surface area (Å²) in [4.78, 5) is 24.5. The Kier molecular flexibility index (Phi) is 3.04. The van der Waals surface area contributed by atoms with Crippen molar-refractivity contribution in [3.8, 4) is 0 Å². The van der Waals surface area contributed by atoms with Gasteiger partial charge in [0.1, 0.15) is 6.04 Å². The lowest BCUT2D eigenvalue weighted by molar-refractivity contribution is -0.134. The fourth-order valence-electron chi connectivity index (χ4n) is 1.88. The largest absolute Gasteiger partial charge is 0.344 e. The van der Waals surface area contributed by atoms with Crippen molar-refractivity contribution in [3.05, 3.63) is 0 Å². The molecule has 2 amide bonds. The molecule has 15 heavy (non-hydrogen) atoms. The number of rotatable bonds is 1. The first-order valence-electron chi connectivity index (χ1n) is 5.10. The molecule has 0 aromatic heterocycles. The maximum Gasteiger partial charge on any atom is 0.245 e. The van der Waals surface area contributed by atoms with Crippen LogP contribution in [0.3, 0.4) is 0 Å². The third-order valence-electron chi connectivity index (χ3n) is 2.78. The van der Waals surface area contributed by atoms with Crippen LogP contribution in [0.25, 0.3) is 0 Å². The first-order valence-corrected chi connectivity index (χ1v) is 6.59. The highest BCUT2D eigenvalue weighted by atomic mass is 32.2. The molecular weight excluding hydrogens is 216 g/mol. The van der Waals surface area contributed by atoms with Gasteiger partial charge in [0.05, 0.1) is 0 Å². The van der Waals surface area contributed by atoms with Gasteiger partial charge in [-0.1, -0.05) is 0 Å². The van der Waals surface area contributed by atoms with Crippen molar-refractivity contribution >= 4 is 22.6 Å². The SMILES string of the molecule is O=C1CCC(C(=O)N2CCS(=O)CC2)N1. The van der Waals surface area contributed by atoms with E-state index in [0.717, 1.165) is 0 Å². The van der Waals surface area contributed by atoms with Crippen LogP contribution in [0.4, 0.5) is 0 Å². The van der Waals surface area contributed by atoms with Crippen LogP contribution in [0.15, 0.2) is 0 Å². The molecule has 1 atom stereocenters. The third-order valence-corrected chi connectivity index (χ3v) is 4.06. The zero-order chi connectivity index (χ0) is 10.8. The topological polar surface area (TPSA) is 66.5 Å². The second kappa shape index (κ2) is 4.30. The summed E-state index contributed by atoms with van der Waals surface area (Å²) in [5.41, 5.74) is 0. The highest BCUT2D eigenvalue weighted by Gasteiger charge is 2.31. The molecule has 0 radical (unpaired) electrons. The van der Waals surface area contributed by atoms with E-state index in [-0.39, 0.29) is 17.9 Å². The van der Waals surface area contributed by atoms with E-state index in [1.807, 2.05) is 0 Å². The number of carbonyl (C=O) groups is 2. The quantitative estimate of drug-likeness (QED) is 0.619. The minimum Gasteiger partial charge on any atom is -0.344 e. The van der Waals surface area contributed by atoms with Gasteiger partial charge < -0.3 is 10.2 Å². The molecule has 1 unspecified atom stereocenters. The van der Waals surface area contributed by atoms with Gasteiger partial charge in [-0.05, 0) is 6.42 Å². The minimum absolute atomic E-state index is 0.0162. The van der Waals surface area contributed by atoms with Crippen molar-refractivity contribution in [1.82, 2.24) is 10.2 Å². The van der Waals surface area contributed by atoms with E-state index in [9.17, 15) is 13.8 Å². The van der Waals surface area contributed by atoms with Gasteiger partial charge in [-0.25, -0.2) is 0 Å². The van der Waals surface area contributed by atoms with Crippen LogP contribution >= 0.6 is 0 Å². The van der Waals surface area contributed by atoms with Crippen LogP contribution < -0.4 is 5.32 Å². The predicted octanol–water partition coefficient (Wildman–Crippen LogP) is -1.14. The van der Waals surface area contributed by atoms with E-state index in [2.05, 4.69) is 5.32 Å². The molecule has 2 heterocycles. The minimum atomic E-state index is -0.767. The van der Waals surface area contributed by atoms with Crippen molar-refractivity contribution < 1.29 is 13.8 Å². The first kappa shape index (κ1) is 10.6. The fraction of sp³-hybridized carbons (Fsp3) is 0.778. The molecule has 1 N–H and O–H groups in total. The Morgan fingerprint density at radius 2 is 2.07 bits per heavy atom. The van der Waals surface area contributed by atoms with E-state index in [4.69, 9.17) is 0 Å². The van der Waals surface area contributed by atoms with Gasteiger partial charge in [-0.3, -0.25) is 13.8 Å². The lowest BCUT2D eigenvalue weighted by atomic mass is 10.2. The van der Waals surface area contributed by atoms with Gasteiger partial charge in [0, 0.05) is 41.8 Å². The average Bonchev–Trinajstić information content (AvgIpc) is 2.65. The Morgan fingerprint density at radius 3 is 2.60 bits per heavy atom. The van der Waals surface area contributed by atoms with E-state index in [1.54, 1.807) is 4.90 Å². The summed E-state index contributed by atoms with van der Waals surface area (Å²) < 4.78 is 11.1. The summed E-state index contributed by atoms with van der Waals surface area (Å²) >= 11 is 0. The molecule has 0 bridgehead atoms. The Morgan fingerprint density at radius 1 is 1.40 bits per heavy atom. The number of carbonyl (C=O) groups excluding carboxylic acids is 2. The lowest BCUT2D eigenvalue weighted by Gasteiger charge is -2.28. The van der Waals surface area contributed by atoms with Crippen LogP contribution in [0.2, 0.25) is 0 Å². The highest BCUT2D eigenvalue weighted by molar-refractivity contribution is 7.85. The second-order valence-electron chi connectivity index (χ2n) is 3.83. The average molecular weight is 230 g/mol. The molecule has 6 heteroatoms. The van der Waals surface area contributed by atoms with Crippen LogP contribution in [0, 0.1) is 0 Å². The number of nitrogens with one attached hydrogen (secondary N) is 1. The standard InChI is InChI=1S/C9H14N2O3S/c12-8-2-1-7(10-8)9(13)11-3-5-15(14)6-4-11/h7H,1-6H2,(H,10,12). The highest BCUT2D eigenvalue weighted by Crippen LogP contribution is 2.11. The molecule has 0 aliphatic carbocycles. The Balaban J connectivity index is 1.90. The van der Waals surface area contributed by atoms with Crippen molar-refractivity contribution in [2.24, 2.45) is 0 Å². The van der Waals surface area contributed by atoms with Gasteiger partial charge in [0.15, 0.2) is 0 Å². The summed E-state index contributed by atoms with van der Waals surface area (Å²) in [7, 11) is -0.767. The lowest BCUT2D eigenvalue weighted by Crippen LogP contribution is -2.49. The predicted molar refractivity (Wildman–Crippen MR) is 55.6 cm³/mol. The molecule has 2 aliphatic heterocycles. The molecule has 5 nitrogen and oxygen atoms in total. The number of hydrogen-bond donors (Lipinski definition) is 1. The van der Waals surface area contributed by atoms with Gasteiger partial charge in [-0.2, -0.15) is 0 Å². The molecule has 2 saturated heterocycles. The summed E-state index contributed by atoms with van der Waals surface area (Å²) in [6.07, 6.45) is 1.04. The molecule has 0 aromatic rings. The Labute approximate surface area is 90.7 Å². The van der Waals surface area contributed by atoms with E-state index in [0.29, 0.717) is 37.4 Å². The molecule has 2 rings (SSSR count). The fourth-order valence-corrected chi connectivity index (χ4v) is 2.93. The number of amides is 2. The van der Waals surface area contributed by atoms with Gasteiger partial charge in [0.2, 0.25) is 11.8 Å². The molecule has 2 aliphatic rings. The number of nitrogens with zero attached hydrogens (tertiary/aromatic N) is 1. The Bertz CT molecular complexity index is 308. The normalized spacial score (nSPS) is 27.9. The summed E-state index contributed by atoms with van der Waals surface area (Å²) in [5, 5.41) is 2.66. The van der Waals surface area contributed by atoms with E-state index < -0.39 is 10.8 Å². The van der Waals surface area contributed by atoms with Crippen molar-refractivity contribution in [3.63, 3.8) is 0 Å². The van der Waals surface area contributed by atoms with Crippen LogP contribution in [-0.4, -0.2) is 51.6 Å². The molecule has 2 fully saturated rings. The molecular formula is C9H14N2O3S. The maximum absolute atomic E-state index is 11.9. The van der Waals surface area contributed by atoms with E-state index >= 15 is 0 Å². The van der Waals surface area contributed by atoms with Gasteiger partial charge >= 0.3 is 0 Å². The van der Waals surface area contributed by atoms with Crippen LogP contribution in [-0.2, 0) is 20.4 Å². The smallest absolute Gasteiger partial charge is 0.245 e. The maximum atomic E-state index is 11.9. The molecule has 0 spiro atoms. The second-order valence-corrected chi connectivity index (χ2v) is 5.53. The van der Waals surface area contributed by atoms with Gasteiger partial charge in [0.25, 0.3) is 0 Å². The van der Waals surface area contributed by atoms with Crippen LogP contribution in [0.5, 0.6) is 0 Å². The zero-order valence-corrected chi connectivity index (χ0v) is 9.22. The summed E-state index contributed by atoms with van der Waals surface area (Å²) in [6.45, 7) is 1.11. The van der Waals surface area contributed by atoms with Crippen molar-refractivity contribution in [2.75, 3.05) is 24.6 Å². The zero-order valence-electron chi connectivity index (χ0n) is 8.40. The molecule has 0 saturated carbocycles. The molecule has 84 valence electrons. The molecule has 0 aromatic carbocycles. The monoisotopic (exact) mass is 230 g/mol. The first-order chi connectivity index (χ1) is 7.16. The Hall–Kier alpha value is -0.910. The van der Waals surface area contributed by atoms with Crippen LogP contribution in [0.1, 0.15) is 12.8 Å². The van der Waals surface area contributed by atoms with Gasteiger partial charge in [-0.15, -0.1) is 0 Å². The number of hydrogen-bond acceptors (Lipinski definition) is 3. The van der Waals surface area contributed by atoms with Crippen molar-refractivity contribution in [1.29, 1.82) is 0 Å².